The Morgan fingerprint density at radius 3 is 2.36 bits per heavy atom. The molecule has 0 bridgehead atoms. The van der Waals surface area contributed by atoms with Gasteiger partial charge in [-0.05, 0) is 38.0 Å². The fourth-order valence-electron chi connectivity index (χ4n) is 3.47. The van der Waals surface area contributed by atoms with E-state index >= 15 is 0 Å². The number of ether oxygens (including phenoxy) is 1. The number of aryl methyl sites for hydroxylation is 3. The minimum atomic E-state index is -0.559. The molecule has 0 aliphatic heterocycles. The number of rotatable bonds is 6. The van der Waals surface area contributed by atoms with Crippen LogP contribution in [0.5, 0.6) is 0 Å². The number of nitrogens with zero attached hydrogens (tertiary/aromatic N) is 5. The summed E-state index contributed by atoms with van der Waals surface area (Å²) in [7, 11) is 0. The topological polar surface area (TPSA) is 98.2 Å². The molecule has 0 fully saturated rings. The zero-order chi connectivity index (χ0) is 23.5. The number of anilines is 2. The molecule has 0 saturated carbocycles. The third-order valence-corrected chi connectivity index (χ3v) is 6.44. The quantitative estimate of drug-likeness (QED) is 0.358. The molecule has 10 heteroatoms. The lowest BCUT2D eigenvalue weighted by molar-refractivity contribution is -0.115. The van der Waals surface area contributed by atoms with E-state index in [1.54, 1.807) is 34.1 Å². The van der Waals surface area contributed by atoms with Gasteiger partial charge >= 0.3 is 5.97 Å². The van der Waals surface area contributed by atoms with Crippen molar-refractivity contribution in [3.63, 3.8) is 0 Å². The number of hydrogen-bond donors (Lipinski definition) is 0. The number of carbonyl (C=O) groups excluding carboxylic acids is 2. The van der Waals surface area contributed by atoms with Gasteiger partial charge in [-0.15, -0.1) is 22.7 Å². The molecule has 0 aliphatic carbocycles. The molecular formula is C23H21N5O3S2. The Hall–Kier alpha value is -3.50. The summed E-state index contributed by atoms with van der Waals surface area (Å²) in [5.74, 6) is -0.241. The van der Waals surface area contributed by atoms with Crippen LogP contribution in [0.25, 0.3) is 10.8 Å². The van der Waals surface area contributed by atoms with Crippen LogP contribution in [0.15, 0.2) is 41.4 Å². The van der Waals surface area contributed by atoms with Gasteiger partial charge in [0.05, 0.1) is 11.4 Å². The lowest BCUT2D eigenvalue weighted by atomic mass is 10.0. The van der Waals surface area contributed by atoms with Crippen molar-refractivity contribution in [2.24, 2.45) is 0 Å². The van der Waals surface area contributed by atoms with Gasteiger partial charge in [0.15, 0.2) is 21.7 Å². The summed E-state index contributed by atoms with van der Waals surface area (Å²) in [6.45, 7) is 7.46. The highest BCUT2D eigenvalue weighted by Gasteiger charge is 2.22. The van der Waals surface area contributed by atoms with Crippen LogP contribution in [0.3, 0.4) is 0 Å². The maximum atomic E-state index is 12.5. The molecule has 4 aromatic rings. The van der Waals surface area contributed by atoms with Crippen molar-refractivity contribution in [2.75, 3.05) is 4.90 Å². The van der Waals surface area contributed by atoms with E-state index < -0.39 is 5.97 Å². The predicted molar refractivity (Wildman–Crippen MR) is 128 cm³/mol. The highest BCUT2D eigenvalue weighted by Crippen LogP contribution is 2.34. The average Bonchev–Trinajstić information content (AvgIpc) is 3.45. The Morgan fingerprint density at radius 1 is 1.00 bits per heavy atom. The summed E-state index contributed by atoms with van der Waals surface area (Å²) >= 11 is 2.59. The molecule has 8 nitrogen and oxygen atoms in total. The largest absolute Gasteiger partial charge is 0.454 e. The van der Waals surface area contributed by atoms with Gasteiger partial charge in [0, 0.05) is 30.1 Å². The van der Waals surface area contributed by atoms with Crippen molar-refractivity contribution in [3.05, 3.63) is 69.4 Å². The number of hydrogen-bond acceptors (Lipinski definition) is 9. The molecule has 0 unspecified atom stereocenters. The van der Waals surface area contributed by atoms with Crippen LogP contribution in [0.4, 0.5) is 10.8 Å². The van der Waals surface area contributed by atoms with Crippen LogP contribution in [-0.2, 0) is 16.1 Å². The first kappa shape index (κ1) is 22.7. The summed E-state index contributed by atoms with van der Waals surface area (Å²) in [5, 5.41) is 4.46. The first-order chi connectivity index (χ1) is 15.8. The molecule has 33 heavy (non-hydrogen) atoms. The first-order valence-corrected chi connectivity index (χ1v) is 11.8. The van der Waals surface area contributed by atoms with E-state index in [4.69, 9.17) is 4.74 Å². The van der Waals surface area contributed by atoms with E-state index in [0.717, 1.165) is 22.4 Å². The van der Waals surface area contributed by atoms with Crippen molar-refractivity contribution in [2.45, 2.75) is 34.3 Å². The molecule has 0 radical (unpaired) electrons. The van der Waals surface area contributed by atoms with E-state index in [2.05, 4.69) is 19.9 Å². The monoisotopic (exact) mass is 479 g/mol. The summed E-state index contributed by atoms with van der Waals surface area (Å²) in [5.41, 5.74) is 4.69. The highest BCUT2D eigenvalue weighted by molar-refractivity contribution is 7.14. The van der Waals surface area contributed by atoms with Gasteiger partial charge in [-0.3, -0.25) is 9.69 Å². The normalized spacial score (nSPS) is 10.8. The molecule has 0 saturated heterocycles. The van der Waals surface area contributed by atoms with Crippen LogP contribution in [0, 0.1) is 20.8 Å². The molecular weight excluding hydrogens is 458 g/mol. The standard InChI is InChI=1S/C23H21N5O3S2/c1-13-8-14(2)19(15(3)9-13)28(16(4)29)23-26-17(11-33-23)10-31-22(30)18-12-32-21(27-18)20-24-6-5-7-25-20/h5-9,11-12H,10H2,1-4H3. The Balaban J connectivity index is 1.48. The molecule has 3 heterocycles. The van der Waals surface area contributed by atoms with Crippen molar-refractivity contribution in [1.82, 2.24) is 19.9 Å². The number of carbonyl (C=O) groups is 2. The summed E-state index contributed by atoms with van der Waals surface area (Å²) < 4.78 is 5.39. The Kier molecular flexibility index (Phi) is 6.57. The van der Waals surface area contributed by atoms with Gasteiger partial charge in [-0.25, -0.2) is 24.7 Å². The number of amides is 1. The van der Waals surface area contributed by atoms with E-state index in [1.807, 2.05) is 32.9 Å². The van der Waals surface area contributed by atoms with Gasteiger partial charge in [-0.2, -0.15) is 0 Å². The first-order valence-electron chi connectivity index (χ1n) is 10.1. The van der Waals surface area contributed by atoms with E-state index in [9.17, 15) is 9.59 Å². The molecule has 0 atom stereocenters. The third-order valence-electron chi connectivity index (χ3n) is 4.73. The highest BCUT2D eigenvalue weighted by atomic mass is 32.1. The van der Waals surface area contributed by atoms with Crippen molar-refractivity contribution >= 4 is 45.4 Å². The summed E-state index contributed by atoms with van der Waals surface area (Å²) in [6, 6.07) is 5.79. The summed E-state index contributed by atoms with van der Waals surface area (Å²) in [6.07, 6.45) is 3.23. The summed E-state index contributed by atoms with van der Waals surface area (Å²) in [4.78, 5) is 43.6. The van der Waals surface area contributed by atoms with Crippen LogP contribution in [-0.4, -0.2) is 31.8 Å². The minimum Gasteiger partial charge on any atom is -0.454 e. The fourth-order valence-corrected chi connectivity index (χ4v) is 5.06. The second-order valence-corrected chi connectivity index (χ2v) is 9.10. The van der Waals surface area contributed by atoms with Crippen LogP contribution in [0.2, 0.25) is 0 Å². The number of aromatic nitrogens is 4. The smallest absolute Gasteiger partial charge is 0.358 e. The second kappa shape index (κ2) is 9.55. The lowest BCUT2D eigenvalue weighted by Crippen LogP contribution is -2.24. The Bertz CT molecular complexity index is 1290. The van der Waals surface area contributed by atoms with Gasteiger partial charge in [0.2, 0.25) is 5.91 Å². The molecule has 0 N–H and O–H groups in total. The molecule has 0 aliphatic rings. The van der Waals surface area contributed by atoms with Gasteiger partial charge in [0.1, 0.15) is 6.61 Å². The van der Waals surface area contributed by atoms with Crippen molar-refractivity contribution in [3.8, 4) is 10.8 Å². The molecule has 0 spiro atoms. The molecule has 1 aromatic carbocycles. The maximum absolute atomic E-state index is 12.5. The molecule has 3 aromatic heterocycles. The number of thiazole rings is 2. The zero-order valence-corrected chi connectivity index (χ0v) is 20.2. The van der Waals surface area contributed by atoms with Gasteiger partial charge in [0.25, 0.3) is 0 Å². The lowest BCUT2D eigenvalue weighted by Gasteiger charge is -2.23. The number of esters is 1. The van der Waals surface area contributed by atoms with Gasteiger partial charge < -0.3 is 4.74 Å². The van der Waals surface area contributed by atoms with Crippen LogP contribution in [0.1, 0.15) is 39.8 Å². The van der Waals surface area contributed by atoms with Crippen molar-refractivity contribution < 1.29 is 14.3 Å². The van der Waals surface area contributed by atoms with Crippen LogP contribution >= 0.6 is 22.7 Å². The molecule has 4 rings (SSSR count). The average molecular weight is 480 g/mol. The van der Waals surface area contributed by atoms with Gasteiger partial charge in [-0.1, -0.05) is 17.7 Å². The predicted octanol–water partition coefficient (Wildman–Crippen LogP) is 5.02. The van der Waals surface area contributed by atoms with E-state index in [1.165, 1.54) is 29.6 Å². The second-order valence-electron chi connectivity index (χ2n) is 7.41. The van der Waals surface area contributed by atoms with Crippen molar-refractivity contribution in [1.29, 1.82) is 0 Å². The minimum absolute atomic E-state index is 0.0262. The SMILES string of the molecule is CC(=O)N(c1nc(COC(=O)c2csc(-c3ncccn3)n2)cs1)c1c(C)cc(C)cc1C. The van der Waals surface area contributed by atoms with E-state index in [-0.39, 0.29) is 18.2 Å². The molecule has 1 amide bonds. The Morgan fingerprint density at radius 2 is 1.70 bits per heavy atom. The molecule has 168 valence electrons. The van der Waals surface area contributed by atoms with E-state index in [0.29, 0.717) is 21.7 Å². The maximum Gasteiger partial charge on any atom is 0.358 e. The number of benzene rings is 1. The van der Waals surface area contributed by atoms with Crippen LogP contribution < -0.4 is 4.90 Å². The zero-order valence-electron chi connectivity index (χ0n) is 18.5. The Labute approximate surface area is 199 Å². The fraction of sp³-hybridized carbons (Fsp3) is 0.217. The third kappa shape index (κ3) is 4.96.